The van der Waals surface area contributed by atoms with E-state index >= 15 is 0 Å². The highest BCUT2D eigenvalue weighted by Crippen LogP contribution is 2.33. The molecule has 2 aromatic rings. The second-order valence-corrected chi connectivity index (χ2v) is 9.00. The topological polar surface area (TPSA) is 95.9 Å². The molecule has 166 valence electrons. The molecule has 0 aliphatic carbocycles. The molecule has 0 aromatic heterocycles. The first-order chi connectivity index (χ1) is 15.2. The van der Waals surface area contributed by atoms with Crippen molar-refractivity contribution >= 4 is 81.0 Å². The average Bonchev–Trinajstić information content (AvgIpc) is 3.01. The first kappa shape index (κ1) is 24.1. The maximum Gasteiger partial charge on any atom is 0.305 e. The van der Waals surface area contributed by atoms with Crippen molar-refractivity contribution in [3.8, 4) is 5.75 Å². The number of thiocarbonyl (C=S) groups is 1. The summed E-state index contributed by atoms with van der Waals surface area (Å²) in [5.41, 5.74) is 1.24. The molecule has 0 radical (unpaired) electrons. The van der Waals surface area contributed by atoms with E-state index in [0.717, 1.165) is 17.3 Å². The van der Waals surface area contributed by atoms with Crippen LogP contribution in [0.1, 0.15) is 12.0 Å². The quantitative estimate of drug-likeness (QED) is 0.392. The number of carbonyl (C=O) groups is 3. The van der Waals surface area contributed by atoms with Crippen LogP contribution in [0.2, 0.25) is 10.0 Å². The molecular formula is C21H16Cl2N2O5S2. The Morgan fingerprint density at radius 1 is 1.16 bits per heavy atom. The Morgan fingerprint density at radius 2 is 1.88 bits per heavy atom. The Labute approximate surface area is 203 Å². The summed E-state index contributed by atoms with van der Waals surface area (Å²) >= 11 is 18.1. The minimum Gasteiger partial charge on any atom is -0.484 e. The van der Waals surface area contributed by atoms with Crippen LogP contribution in [-0.4, -0.2) is 45.3 Å². The molecule has 0 bridgehead atoms. The minimum absolute atomic E-state index is 0.0361. The van der Waals surface area contributed by atoms with Crippen LogP contribution in [-0.2, 0) is 14.4 Å². The number of halogens is 2. The van der Waals surface area contributed by atoms with E-state index in [1.807, 2.05) is 0 Å². The van der Waals surface area contributed by atoms with Gasteiger partial charge in [0.2, 0.25) is 0 Å². The molecule has 2 aromatic carbocycles. The summed E-state index contributed by atoms with van der Waals surface area (Å²) in [6.45, 7) is -0.170. The van der Waals surface area contributed by atoms with Gasteiger partial charge in [-0.25, -0.2) is 0 Å². The first-order valence-corrected chi connectivity index (χ1v) is 11.2. The van der Waals surface area contributed by atoms with Gasteiger partial charge >= 0.3 is 5.97 Å². The number of hydrogen-bond acceptors (Lipinski definition) is 6. The monoisotopic (exact) mass is 510 g/mol. The molecule has 1 aliphatic rings. The van der Waals surface area contributed by atoms with Gasteiger partial charge in [0.05, 0.1) is 21.4 Å². The third-order valence-electron chi connectivity index (χ3n) is 4.17. The number of rotatable bonds is 8. The molecule has 1 saturated heterocycles. The lowest BCUT2D eigenvalue weighted by molar-refractivity contribution is -0.137. The number of thioether (sulfide) groups is 1. The van der Waals surface area contributed by atoms with Crippen LogP contribution >= 0.6 is 47.2 Å². The largest absolute Gasteiger partial charge is 0.484 e. The van der Waals surface area contributed by atoms with Gasteiger partial charge in [-0.15, -0.1) is 0 Å². The van der Waals surface area contributed by atoms with Crippen molar-refractivity contribution in [3.63, 3.8) is 0 Å². The fraction of sp³-hybridized carbons (Fsp3) is 0.143. The van der Waals surface area contributed by atoms with Gasteiger partial charge in [-0.2, -0.15) is 0 Å². The Hall–Kier alpha value is -2.59. The zero-order valence-electron chi connectivity index (χ0n) is 16.3. The molecule has 2 amide bonds. The summed E-state index contributed by atoms with van der Waals surface area (Å²) in [4.78, 5) is 36.9. The van der Waals surface area contributed by atoms with Crippen LogP contribution in [0.15, 0.2) is 47.4 Å². The zero-order chi connectivity index (χ0) is 23.3. The number of carboxylic acids is 1. The number of carbonyl (C=O) groups excluding carboxylic acids is 2. The molecule has 7 nitrogen and oxygen atoms in total. The number of carboxylic acid groups (broad SMARTS) is 1. The highest BCUT2D eigenvalue weighted by molar-refractivity contribution is 8.26. The predicted molar refractivity (Wildman–Crippen MR) is 129 cm³/mol. The van der Waals surface area contributed by atoms with E-state index in [-0.39, 0.29) is 31.4 Å². The summed E-state index contributed by atoms with van der Waals surface area (Å²) in [5, 5.41) is 12.2. The standard InChI is InChI=1S/C21H16Cl2N2O5S2/c22-15-6-3-13(10-16(15)23)24-18(26)11-30-14-4-1-12(2-5-14)9-17-20(29)25(21(31)32-17)8-7-19(27)28/h1-6,9-10H,7-8,11H2,(H,24,26)(H,27,28)/b17-9-. The first-order valence-electron chi connectivity index (χ1n) is 9.18. The van der Waals surface area contributed by atoms with Gasteiger partial charge in [0.25, 0.3) is 11.8 Å². The molecule has 2 N–H and O–H groups in total. The molecule has 1 heterocycles. The zero-order valence-corrected chi connectivity index (χ0v) is 19.5. The maximum absolute atomic E-state index is 12.4. The summed E-state index contributed by atoms with van der Waals surface area (Å²) in [7, 11) is 0. The lowest BCUT2D eigenvalue weighted by atomic mass is 10.2. The minimum atomic E-state index is -0.996. The van der Waals surface area contributed by atoms with Crippen molar-refractivity contribution in [1.82, 2.24) is 4.90 Å². The van der Waals surface area contributed by atoms with Gasteiger partial charge in [0, 0.05) is 12.2 Å². The lowest BCUT2D eigenvalue weighted by Gasteiger charge is -2.12. The molecule has 0 saturated carbocycles. The predicted octanol–water partition coefficient (Wildman–Crippen LogP) is 4.69. The van der Waals surface area contributed by atoms with Gasteiger partial charge < -0.3 is 15.2 Å². The van der Waals surface area contributed by atoms with Gasteiger partial charge in [-0.05, 0) is 42.0 Å². The lowest BCUT2D eigenvalue weighted by Crippen LogP contribution is -2.30. The number of ether oxygens (including phenoxy) is 1. The van der Waals surface area contributed by atoms with Crippen molar-refractivity contribution in [2.75, 3.05) is 18.5 Å². The fourth-order valence-electron chi connectivity index (χ4n) is 2.63. The van der Waals surface area contributed by atoms with Crippen molar-refractivity contribution in [1.29, 1.82) is 0 Å². The number of nitrogens with one attached hydrogen (secondary N) is 1. The van der Waals surface area contributed by atoms with Crippen molar-refractivity contribution in [2.24, 2.45) is 0 Å². The average molecular weight is 511 g/mol. The van der Waals surface area contributed by atoms with Crippen LogP contribution in [0, 0.1) is 0 Å². The number of nitrogens with zero attached hydrogens (tertiary/aromatic N) is 1. The second-order valence-electron chi connectivity index (χ2n) is 6.51. The Morgan fingerprint density at radius 3 is 2.53 bits per heavy atom. The van der Waals surface area contributed by atoms with Gasteiger partial charge in [-0.1, -0.05) is 59.3 Å². The van der Waals surface area contributed by atoms with E-state index in [9.17, 15) is 14.4 Å². The molecule has 0 spiro atoms. The number of hydrogen-bond donors (Lipinski definition) is 2. The molecule has 11 heteroatoms. The van der Waals surface area contributed by atoms with Gasteiger partial charge in [0.15, 0.2) is 6.61 Å². The summed E-state index contributed by atoms with van der Waals surface area (Å²) < 4.78 is 5.81. The smallest absolute Gasteiger partial charge is 0.305 e. The molecular weight excluding hydrogens is 495 g/mol. The Balaban J connectivity index is 1.55. The molecule has 1 aliphatic heterocycles. The normalized spacial score (nSPS) is 14.7. The summed E-state index contributed by atoms with van der Waals surface area (Å²) in [6.07, 6.45) is 1.49. The highest BCUT2D eigenvalue weighted by atomic mass is 35.5. The number of amides is 2. The molecule has 32 heavy (non-hydrogen) atoms. The summed E-state index contributed by atoms with van der Waals surface area (Å²) in [6, 6.07) is 11.6. The highest BCUT2D eigenvalue weighted by Gasteiger charge is 2.32. The van der Waals surface area contributed by atoms with E-state index in [1.54, 1.807) is 48.5 Å². The SMILES string of the molecule is O=C(O)CCN1C(=O)/C(=C/c2ccc(OCC(=O)Nc3ccc(Cl)c(Cl)c3)cc2)SC1=S. The molecule has 3 rings (SSSR count). The Bertz CT molecular complexity index is 1110. The molecule has 0 unspecified atom stereocenters. The third-order valence-corrected chi connectivity index (χ3v) is 6.29. The second kappa shape index (κ2) is 10.8. The third kappa shape index (κ3) is 6.46. The van der Waals surface area contributed by atoms with Crippen LogP contribution in [0.3, 0.4) is 0 Å². The summed E-state index contributed by atoms with van der Waals surface area (Å²) in [5.74, 6) is -1.21. The van der Waals surface area contributed by atoms with Crippen LogP contribution in [0.5, 0.6) is 5.75 Å². The molecule has 0 atom stereocenters. The van der Waals surface area contributed by atoms with E-state index < -0.39 is 5.97 Å². The van der Waals surface area contributed by atoms with Crippen LogP contribution in [0.25, 0.3) is 6.08 Å². The number of anilines is 1. The van der Waals surface area contributed by atoms with Gasteiger partial charge in [-0.3, -0.25) is 19.3 Å². The van der Waals surface area contributed by atoms with Crippen LogP contribution < -0.4 is 10.1 Å². The number of benzene rings is 2. The van der Waals surface area contributed by atoms with E-state index in [2.05, 4.69) is 5.32 Å². The van der Waals surface area contributed by atoms with Gasteiger partial charge in [0.1, 0.15) is 10.1 Å². The molecule has 1 fully saturated rings. The Kier molecular flexibility index (Phi) is 8.14. The van der Waals surface area contributed by atoms with Crippen molar-refractivity contribution in [2.45, 2.75) is 6.42 Å². The van der Waals surface area contributed by atoms with E-state index in [4.69, 9.17) is 45.3 Å². The number of aliphatic carboxylic acids is 1. The maximum atomic E-state index is 12.4. The van der Waals surface area contributed by atoms with E-state index in [1.165, 1.54) is 4.90 Å². The van der Waals surface area contributed by atoms with E-state index in [0.29, 0.717) is 30.7 Å². The van der Waals surface area contributed by atoms with Crippen LogP contribution in [0.4, 0.5) is 5.69 Å². The van der Waals surface area contributed by atoms with Crippen molar-refractivity contribution in [3.05, 3.63) is 63.0 Å². The van der Waals surface area contributed by atoms with Crippen molar-refractivity contribution < 1.29 is 24.2 Å². The fourth-order valence-corrected chi connectivity index (χ4v) is 4.24.